The van der Waals surface area contributed by atoms with Gasteiger partial charge in [-0.2, -0.15) is 0 Å². The van der Waals surface area contributed by atoms with Gasteiger partial charge in [0.15, 0.2) is 0 Å². The fourth-order valence-electron chi connectivity index (χ4n) is 2.13. The van der Waals surface area contributed by atoms with Crippen LogP contribution in [0.2, 0.25) is 0 Å². The van der Waals surface area contributed by atoms with Gasteiger partial charge in [0, 0.05) is 12.6 Å². The van der Waals surface area contributed by atoms with Crippen LogP contribution in [0, 0.1) is 5.82 Å². The normalized spacial score (nSPS) is 10.3. The standard InChI is InChI=1S/C17H16FNO3/c1-12(20)19(11-14-2-6-15(18)7-3-14)16-8-4-13(5-9-16)10-17(21)22/h2-9H,10-11H2,1H3,(H,21,22). The predicted molar refractivity (Wildman–Crippen MR) is 81.0 cm³/mol. The van der Waals surface area contributed by atoms with Crippen molar-refractivity contribution in [3.05, 3.63) is 65.5 Å². The summed E-state index contributed by atoms with van der Waals surface area (Å²) < 4.78 is 12.9. The van der Waals surface area contributed by atoms with Gasteiger partial charge in [-0.05, 0) is 35.4 Å². The van der Waals surface area contributed by atoms with E-state index in [4.69, 9.17) is 5.11 Å². The van der Waals surface area contributed by atoms with Gasteiger partial charge in [-0.25, -0.2) is 4.39 Å². The number of carboxylic acids is 1. The largest absolute Gasteiger partial charge is 0.481 e. The molecule has 4 nitrogen and oxygen atoms in total. The molecule has 0 aromatic heterocycles. The van der Waals surface area contributed by atoms with Crippen LogP contribution in [0.5, 0.6) is 0 Å². The van der Waals surface area contributed by atoms with E-state index >= 15 is 0 Å². The topological polar surface area (TPSA) is 57.6 Å². The number of halogens is 1. The van der Waals surface area contributed by atoms with Gasteiger partial charge in [-0.1, -0.05) is 24.3 Å². The Morgan fingerprint density at radius 1 is 1.00 bits per heavy atom. The molecular weight excluding hydrogens is 285 g/mol. The zero-order chi connectivity index (χ0) is 16.1. The molecule has 2 aromatic carbocycles. The molecule has 0 fully saturated rings. The molecule has 0 spiro atoms. The summed E-state index contributed by atoms with van der Waals surface area (Å²) in [6, 6.07) is 12.8. The number of hydrogen-bond donors (Lipinski definition) is 1. The number of aliphatic carboxylic acids is 1. The predicted octanol–water partition coefficient (Wildman–Crippen LogP) is 3.01. The fraction of sp³-hybridized carbons (Fsp3) is 0.176. The van der Waals surface area contributed by atoms with Crippen LogP contribution < -0.4 is 4.90 Å². The molecule has 1 N–H and O–H groups in total. The van der Waals surface area contributed by atoms with Crippen molar-refractivity contribution in [2.24, 2.45) is 0 Å². The molecule has 0 aliphatic rings. The second-order valence-corrected chi connectivity index (χ2v) is 4.97. The highest BCUT2D eigenvalue weighted by molar-refractivity contribution is 5.91. The lowest BCUT2D eigenvalue weighted by Crippen LogP contribution is -2.27. The Morgan fingerprint density at radius 2 is 1.55 bits per heavy atom. The van der Waals surface area contributed by atoms with Gasteiger partial charge in [-0.15, -0.1) is 0 Å². The van der Waals surface area contributed by atoms with Crippen molar-refractivity contribution in [3.63, 3.8) is 0 Å². The van der Waals surface area contributed by atoms with Gasteiger partial charge >= 0.3 is 5.97 Å². The number of carbonyl (C=O) groups excluding carboxylic acids is 1. The average Bonchev–Trinajstić information content (AvgIpc) is 2.47. The first-order valence-corrected chi connectivity index (χ1v) is 6.79. The molecule has 5 heteroatoms. The average molecular weight is 301 g/mol. The minimum absolute atomic E-state index is 0.0572. The molecule has 22 heavy (non-hydrogen) atoms. The molecule has 0 saturated heterocycles. The molecule has 0 radical (unpaired) electrons. The van der Waals surface area contributed by atoms with Crippen molar-refractivity contribution in [2.45, 2.75) is 19.9 Å². The maximum absolute atomic E-state index is 12.9. The molecule has 0 aliphatic heterocycles. The van der Waals surface area contributed by atoms with Gasteiger partial charge in [0.25, 0.3) is 0 Å². The summed E-state index contributed by atoms with van der Waals surface area (Å²) in [5, 5.41) is 8.76. The Balaban J connectivity index is 2.18. The van der Waals surface area contributed by atoms with Crippen LogP contribution in [0.1, 0.15) is 18.1 Å². The van der Waals surface area contributed by atoms with Crippen LogP contribution in [0.3, 0.4) is 0 Å². The Hall–Kier alpha value is -2.69. The lowest BCUT2D eigenvalue weighted by atomic mass is 10.1. The summed E-state index contributed by atoms with van der Waals surface area (Å²) in [6.07, 6.45) is -0.0572. The van der Waals surface area contributed by atoms with E-state index in [9.17, 15) is 14.0 Å². The van der Waals surface area contributed by atoms with Crippen molar-refractivity contribution in [1.29, 1.82) is 0 Å². The van der Waals surface area contributed by atoms with Gasteiger partial charge in [0.1, 0.15) is 5.82 Å². The number of anilines is 1. The van der Waals surface area contributed by atoms with Crippen LogP contribution in [-0.4, -0.2) is 17.0 Å². The smallest absolute Gasteiger partial charge is 0.307 e. The second-order valence-electron chi connectivity index (χ2n) is 4.97. The van der Waals surface area contributed by atoms with E-state index in [0.717, 1.165) is 5.56 Å². The number of hydrogen-bond acceptors (Lipinski definition) is 2. The molecule has 2 aromatic rings. The first-order chi connectivity index (χ1) is 10.5. The summed E-state index contributed by atoms with van der Waals surface area (Å²) in [7, 11) is 0. The fourth-order valence-corrected chi connectivity index (χ4v) is 2.13. The van der Waals surface area contributed by atoms with Crippen molar-refractivity contribution in [3.8, 4) is 0 Å². The lowest BCUT2D eigenvalue weighted by Gasteiger charge is -2.21. The van der Waals surface area contributed by atoms with E-state index in [1.54, 1.807) is 41.3 Å². The highest BCUT2D eigenvalue weighted by Gasteiger charge is 2.12. The van der Waals surface area contributed by atoms with Crippen LogP contribution in [0.25, 0.3) is 0 Å². The van der Waals surface area contributed by atoms with Crippen LogP contribution in [-0.2, 0) is 22.6 Å². The third kappa shape index (κ3) is 4.15. The van der Waals surface area contributed by atoms with Crippen LogP contribution in [0.15, 0.2) is 48.5 Å². The first kappa shape index (κ1) is 15.7. The van der Waals surface area contributed by atoms with Crippen LogP contribution >= 0.6 is 0 Å². The number of rotatable bonds is 5. The minimum atomic E-state index is -0.900. The molecule has 2 rings (SSSR count). The van der Waals surface area contributed by atoms with Crippen LogP contribution in [0.4, 0.5) is 10.1 Å². The van der Waals surface area contributed by atoms with E-state index in [1.165, 1.54) is 19.1 Å². The molecule has 0 bridgehead atoms. The zero-order valence-electron chi connectivity index (χ0n) is 12.1. The molecular formula is C17H16FNO3. The summed E-state index contributed by atoms with van der Waals surface area (Å²) in [6.45, 7) is 1.78. The molecule has 0 aliphatic carbocycles. The van der Waals surface area contributed by atoms with E-state index in [-0.39, 0.29) is 18.1 Å². The number of carboxylic acid groups (broad SMARTS) is 1. The Morgan fingerprint density at radius 3 is 2.05 bits per heavy atom. The Bertz CT molecular complexity index is 665. The zero-order valence-corrected chi connectivity index (χ0v) is 12.1. The summed E-state index contributed by atoms with van der Waals surface area (Å²) >= 11 is 0. The quantitative estimate of drug-likeness (QED) is 0.923. The summed E-state index contributed by atoms with van der Waals surface area (Å²) in [5.74, 6) is -1.37. The Kier molecular flexibility index (Phi) is 4.88. The summed E-state index contributed by atoms with van der Waals surface area (Å²) in [5.41, 5.74) is 2.15. The number of benzene rings is 2. The second kappa shape index (κ2) is 6.85. The number of carbonyl (C=O) groups is 2. The monoisotopic (exact) mass is 301 g/mol. The third-order valence-electron chi connectivity index (χ3n) is 3.24. The van der Waals surface area contributed by atoms with Gasteiger partial charge < -0.3 is 10.0 Å². The SMILES string of the molecule is CC(=O)N(Cc1ccc(F)cc1)c1ccc(CC(=O)O)cc1. The van der Waals surface area contributed by atoms with Crippen molar-refractivity contribution < 1.29 is 19.1 Å². The lowest BCUT2D eigenvalue weighted by molar-refractivity contribution is -0.136. The van der Waals surface area contributed by atoms with Gasteiger partial charge in [0.05, 0.1) is 13.0 Å². The van der Waals surface area contributed by atoms with Crippen molar-refractivity contribution >= 4 is 17.6 Å². The van der Waals surface area contributed by atoms with Gasteiger partial charge in [0.2, 0.25) is 5.91 Å². The molecule has 0 atom stereocenters. The van der Waals surface area contributed by atoms with E-state index in [2.05, 4.69) is 0 Å². The molecule has 114 valence electrons. The van der Waals surface area contributed by atoms with Gasteiger partial charge in [-0.3, -0.25) is 9.59 Å². The molecule has 0 unspecified atom stereocenters. The number of nitrogens with zero attached hydrogens (tertiary/aromatic N) is 1. The van der Waals surface area contributed by atoms with E-state index in [1.807, 2.05) is 0 Å². The maximum atomic E-state index is 12.9. The molecule has 1 amide bonds. The Labute approximate surface area is 127 Å². The van der Waals surface area contributed by atoms with E-state index < -0.39 is 5.97 Å². The summed E-state index contributed by atoms with van der Waals surface area (Å²) in [4.78, 5) is 24.1. The maximum Gasteiger partial charge on any atom is 0.307 e. The van der Waals surface area contributed by atoms with Crippen molar-refractivity contribution in [2.75, 3.05) is 4.90 Å². The van der Waals surface area contributed by atoms with E-state index in [0.29, 0.717) is 17.8 Å². The first-order valence-electron chi connectivity index (χ1n) is 6.79. The molecule has 0 saturated carbocycles. The molecule has 0 heterocycles. The van der Waals surface area contributed by atoms with Crippen molar-refractivity contribution in [1.82, 2.24) is 0 Å². The number of amides is 1. The minimum Gasteiger partial charge on any atom is -0.481 e. The third-order valence-corrected chi connectivity index (χ3v) is 3.24. The highest BCUT2D eigenvalue weighted by atomic mass is 19.1. The highest BCUT2D eigenvalue weighted by Crippen LogP contribution is 2.19.